The monoisotopic (exact) mass is 326 g/mol. The number of hydrogen-bond donors (Lipinski definition) is 2. The van der Waals surface area contributed by atoms with Crippen LogP contribution >= 0.6 is 0 Å². The molecule has 0 bridgehead atoms. The first kappa shape index (κ1) is 15.9. The van der Waals surface area contributed by atoms with Gasteiger partial charge in [0, 0.05) is 18.9 Å². The summed E-state index contributed by atoms with van der Waals surface area (Å²) in [5.41, 5.74) is 1.45. The second kappa shape index (κ2) is 7.05. The minimum absolute atomic E-state index is 0.153. The topological polar surface area (TPSA) is 93.4 Å². The summed E-state index contributed by atoms with van der Waals surface area (Å²) >= 11 is 0. The lowest BCUT2D eigenvalue weighted by Gasteiger charge is -2.16. The molecule has 0 saturated carbocycles. The second-order valence-electron chi connectivity index (χ2n) is 5.26. The van der Waals surface area contributed by atoms with Crippen LogP contribution in [0.25, 0.3) is 5.78 Å². The van der Waals surface area contributed by atoms with E-state index in [1.165, 1.54) is 6.33 Å². The molecule has 24 heavy (non-hydrogen) atoms. The van der Waals surface area contributed by atoms with Gasteiger partial charge in [-0.15, -0.1) is 0 Å². The van der Waals surface area contributed by atoms with Crippen LogP contribution in [0.3, 0.4) is 0 Å². The number of benzene rings is 1. The average Bonchev–Trinajstić information content (AvgIpc) is 3.05. The maximum atomic E-state index is 12.3. The number of nitrogens with one attached hydrogen (secondary N) is 2. The first-order valence-electron chi connectivity index (χ1n) is 7.48. The standard InChI is InChI=1S/C16H18N6O2/c1-11(15(23)20-12-6-4-3-5-7-12)19-14-8-13(9-24-2)21-16-17-10-18-22(14)16/h3-8,10-11,19H,9H2,1-2H3,(H,20,23). The number of ether oxygens (including phenoxy) is 1. The Hall–Kier alpha value is -3.00. The van der Waals surface area contributed by atoms with Gasteiger partial charge in [-0.3, -0.25) is 4.79 Å². The minimum Gasteiger partial charge on any atom is -0.378 e. The maximum Gasteiger partial charge on any atom is 0.254 e. The van der Waals surface area contributed by atoms with Gasteiger partial charge in [-0.1, -0.05) is 18.2 Å². The minimum atomic E-state index is -0.476. The molecule has 1 amide bonds. The zero-order valence-corrected chi connectivity index (χ0v) is 13.4. The van der Waals surface area contributed by atoms with Crippen molar-refractivity contribution in [3.63, 3.8) is 0 Å². The van der Waals surface area contributed by atoms with Crippen molar-refractivity contribution in [3.8, 4) is 0 Å². The Morgan fingerprint density at radius 3 is 2.88 bits per heavy atom. The van der Waals surface area contributed by atoms with Crippen LogP contribution in [0, 0.1) is 0 Å². The van der Waals surface area contributed by atoms with Gasteiger partial charge in [-0.05, 0) is 19.1 Å². The van der Waals surface area contributed by atoms with E-state index in [0.717, 1.165) is 5.69 Å². The second-order valence-corrected chi connectivity index (χ2v) is 5.26. The van der Waals surface area contributed by atoms with Crippen LogP contribution in [-0.4, -0.2) is 38.6 Å². The van der Waals surface area contributed by atoms with Crippen molar-refractivity contribution in [2.24, 2.45) is 0 Å². The summed E-state index contributed by atoms with van der Waals surface area (Å²) < 4.78 is 6.66. The van der Waals surface area contributed by atoms with E-state index in [4.69, 9.17) is 4.74 Å². The van der Waals surface area contributed by atoms with Gasteiger partial charge in [0.2, 0.25) is 5.91 Å². The van der Waals surface area contributed by atoms with Crippen LogP contribution in [0.4, 0.5) is 11.5 Å². The van der Waals surface area contributed by atoms with E-state index in [1.807, 2.05) is 30.3 Å². The van der Waals surface area contributed by atoms with Crippen LogP contribution in [-0.2, 0) is 16.1 Å². The number of anilines is 2. The lowest BCUT2D eigenvalue weighted by atomic mass is 10.2. The molecule has 0 saturated heterocycles. The number of para-hydroxylation sites is 1. The lowest BCUT2D eigenvalue weighted by Crippen LogP contribution is -2.32. The molecule has 2 N–H and O–H groups in total. The van der Waals surface area contributed by atoms with Gasteiger partial charge < -0.3 is 15.4 Å². The third kappa shape index (κ3) is 3.49. The third-order valence-corrected chi connectivity index (χ3v) is 3.40. The van der Waals surface area contributed by atoms with E-state index in [1.54, 1.807) is 24.6 Å². The van der Waals surface area contributed by atoms with Crippen molar-refractivity contribution >= 4 is 23.2 Å². The molecule has 0 aliphatic rings. The summed E-state index contributed by atoms with van der Waals surface area (Å²) in [6.07, 6.45) is 1.42. The Kier molecular flexibility index (Phi) is 4.66. The van der Waals surface area contributed by atoms with E-state index in [-0.39, 0.29) is 5.91 Å². The van der Waals surface area contributed by atoms with Crippen LogP contribution in [0.15, 0.2) is 42.7 Å². The van der Waals surface area contributed by atoms with Crippen molar-refractivity contribution < 1.29 is 9.53 Å². The van der Waals surface area contributed by atoms with E-state index in [2.05, 4.69) is 25.7 Å². The van der Waals surface area contributed by atoms with Crippen molar-refractivity contribution in [2.45, 2.75) is 19.6 Å². The maximum absolute atomic E-state index is 12.3. The van der Waals surface area contributed by atoms with Crippen molar-refractivity contribution in [1.82, 2.24) is 19.6 Å². The van der Waals surface area contributed by atoms with Crippen molar-refractivity contribution in [2.75, 3.05) is 17.7 Å². The lowest BCUT2D eigenvalue weighted by molar-refractivity contribution is -0.116. The SMILES string of the molecule is COCc1cc(NC(C)C(=O)Nc2ccccc2)n2ncnc2n1. The van der Waals surface area contributed by atoms with E-state index < -0.39 is 6.04 Å². The molecule has 124 valence electrons. The molecule has 2 heterocycles. The fourth-order valence-corrected chi connectivity index (χ4v) is 2.25. The van der Waals surface area contributed by atoms with Gasteiger partial charge in [0.15, 0.2) is 0 Å². The molecule has 0 aliphatic carbocycles. The molecule has 0 spiro atoms. The Morgan fingerprint density at radius 1 is 1.33 bits per heavy atom. The smallest absolute Gasteiger partial charge is 0.254 e. The van der Waals surface area contributed by atoms with Gasteiger partial charge in [-0.25, -0.2) is 4.98 Å². The third-order valence-electron chi connectivity index (χ3n) is 3.40. The summed E-state index contributed by atoms with van der Waals surface area (Å²) in [6, 6.07) is 10.6. The molecule has 0 fully saturated rings. The summed E-state index contributed by atoms with van der Waals surface area (Å²) in [5, 5.41) is 10.1. The van der Waals surface area contributed by atoms with Gasteiger partial charge in [-0.2, -0.15) is 14.6 Å². The van der Waals surface area contributed by atoms with E-state index in [0.29, 0.717) is 23.9 Å². The van der Waals surface area contributed by atoms with Crippen LogP contribution in [0.5, 0.6) is 0 Å². The quantitative estimate of drug-likeness (QED) is 0.716. The molecule has 8 nitrogen and oxygen atoms in total. The zero-order valence-electron chi connectivity index (χ0n) is 13.4. The summed E-state index contributed by atoms with van der Waals surface area (Å²) in [7, 11) is 1.60. The normalized spacial score (nSPS) is 12.1. The average molecular weight is 326 g/mol. The molecule has 3 aromatic rings. The predicted molar refractivity (Wildman–Crippen MR) is 89.7 cm³/mol. The number of hydrogen-bond acceptors (Lipinski definition) is 6. The van der Waals surface area contributed by atoms with Gasteiger partial charge in [0.05, 0.1) is 12.3 Å². The highest BCUT2D eigenvalue weighted by Crippen LogP contribution is 2.14. The van der Waals surface area contributed by atoms with Crippen LogP contribution in [0.1, 0.15) is 12.6 Å². The van der Waals surface area contributed by atoms with Crippen molar-refractivity contribution in [1.29, 1.82) is 0 Å². The fraction of sp³-hybridized carbons (Fsp3) is 0.250. The number of amides is 1. The Bertz CT molecular complexity index is 833. The molecule has 2 aromatic heterocycles. The summed E-state index contributed by atoms with van der Waals surface area (Å²) in [4.78, 5) is 20.8. The van der Waals surface area contributed by atoms with Crippen LogP contribution in [0.2, 0.25) is 0 Å². The van der Waals surface area contributed by atoms with Crippen LogP contribution < -0.4 is 10.6 Å². The Morgan fingerprint density at radius 2 is 2.12 bits per heavy atom. The predicted octanol–water partition coefficient (Wildman–Crippen LogP) is 1.71. The number of methoxy groups -OCH3 is 1. The number of fused-ring (bicyclic) bond motifs is 1. The van der Waals surface area contributed by atoms with E-state index in [9.17, 15) is 4.79 Å². The highest BCUT2D eigenvalue weighted by molar-refractivity contribution is 5.96. The highest BCUT2D eigenvalue weighted by Gasteiger charge is 2.16. The molecular weight excluding hydrogens is 308 g/mol. The van der Waals surface area contributed by atoms with Crippen molar-refractivity contribution in [3.05, 3.63) is 48.4 Å². The molecule has 0 radical (unpaired) electrons. The molecular formula is C16H18N6O2. The number of carbonyl (C=O) groups excluding carboxylic acids is 1. The fourth-order valence-electron chi connectivity index (χ4n) is 2.25. The Balaban J connectivity index is 1.78. The first-order valence-corrected chi connectivity index (χ1v) is 7.48. The largest absolute Gasteiger partial charge is 0.378 e. The number of carbonyl (C=O) groups is 1. The summed E-state index contributed by atoms with van der Waals surface area (Å²) in [6.45, 7) is 2.13. The molecule has 1 aromatic carbocycles. The first-order chi connectivity index (χ1) is 11.7. The molecule has 1 unspecified atom stereocenters. The molecule has 0 aliphatic heterocycles. The number of aromatic nitrogens is 4. The molecule has 3 rings (SSSR count). The van der Waals surface area contributed by atoms with E-state index >= 15 is 0 Å². The van der Waals surface area contributed by atoms with Gasteiger partial charge in [0.1, 0.15) is 18.2 Å². The van der Waals surface area contributed by atoms with Gasteiger partial charge in [0.25, 0.3) is 5.78 Å². The molecule has 8 heteroatoms. The number of rotatable bonds is 6. The van der Waals surface area contributed by atoms with Gasteiger partial charge >= 0.3 is 0 Å². The number of nitrogens with zero attached hydrogens (tertiary/aromatic N) is 4. The zero-order chi connectivity index (χ0) is 16.9. The molecule has 1 atom stereocenters. The summed E-state index contributed by atoms with van der Waals surface area (Å²) in [5.74, 6) is 0.919. The Labute approximate surface area is 138 Å². The highest BCUT2D eigenvalue weighted by atomic mass is 16.5.